The van der Waals surface area contributed by atoms with Crippen molar-refractivity contribution in [2.45, 2.75) is 18.8 Å². The second kappa shape index (κ2) is 7.31. The van der Waals surface area contributed by atoms with Crippen LogP contribution >= 0.6 is 11.8 Å². The largest absolute Gasteiger partial charge is 0.503 e. The summed E-state index contributed by atoms with van der Waals surface area (Å²) >= 11 is 1.14. The van der Waals surface area contributed by atoms with Gasteiger partial charge >= 0.3 is 5.97 Å². The highest BCUT2D eigenvalue weighted by Gasteiger charge is 2.36. The van der Waals surface area contributed by atoms with E-state index in [0.717, 1.165) is 11.8 Å². The molecule has 0 aliphatic carbocycles. The first-order valence-electron chi connectivity index (χ1n) is 7.97. The van der Waals surface area contributed by atoms with E-state index >= 15 is 0 Å². The third kappa shape index (κ3) is 4.05. The van der Waals surface area contributed by atoms with Gasteiger partial charge in [0.2, 0.25) is 5.76 Å². The van der Waals surface area contributed by atoms with E-state index in [1.54, 1.807) is 26.0 Å². The first-order valence-corrected chi connectivity index (χ1v) is 8.79. The predicted octanol–water partition coefficient (Wildman–Crippen LogP) is 3.11. The molecule has 10 heteroatoms. The Hall–Kier alpha value is -3.01. The number of carbonyl (C=O) groups excluding carboxylic acids is 1. The molecular weight excluding hydrogens is 375 g/mol. The summed E-state index contributed by atoms with van der Waals surface area (Å²) in [5.74, 6) is -1.26. The molecule has 0 radical (unpaired) electrons. The van der Waals surface area contributed by atoms with Gasteiger partial charge in [-0.25, -0.2) is 14.2 Å². The SMILES string of the molecule is CCOC(=O)c1cc(C(O)=C2SC(C)(Nc3ccc(F)cc3)N=C2N)on1. The Morgan fingerprint density at radius 2 is 2.15 bits per heavy atom. The van der Waals surface area contributed by atoms with E-state index in [2.05, 4.69) is 15.5 Å². The number of nitrogens with two attached hydrogens (primary N) is 1. The number of aromatic nitrogens is 1. The molecular formula is C17H17FN4O4S. The topological polar surface area (TPSA) is 123 Å². The summed E-state index contributed by atoms with van der Waals surface area (Å²) in [6.45, 7) is 3.61. The maximum absolute atomic E-state index is 13.1. The molecule has 142 valence electrons. The van der Waals surface area contributed by atoms with Gasteiger partial charge in [-0.15, -0.1) is 0 Å². The number of esters is 1. The van der Waals surface area contributed by atoms with Gasteiger partial charge in [-0.3, -0.25) is 0 Å². The van der Waals surface area contributed by atoms with Crippen LogP contribution in [0.3, 0.4) is 0 Å². The average molecular weight is 392 g/mol. The number of ether oxygens (including phenoxy) is 1. The van der Waals surface area contributed by atoms with Gasteiger partial charge in [0.05, 0.1) is 11.5 Å². The van der Waals surface area contributed by atoms with Crippen molar-refractivity contribution in [1.29, 1.82) is 0 Å². The molecule has 0 saturated carbocycles. The average Bonchev–Trinajstić information content (AvgIpc) is 3.22. The lowest BCUT2D eigenvalue weighted by Crippen LogP contribution is -2.26. The lowest BCUT2D eigenvalue weighted by molar-refractivity contribution is 0.0514. The monoisotopic (exact) mass is 392 g/mol. The number of aliphatic hydroxyl groups excluding tert-OH is 1. The Morgan fingerprint density at radius 3 is 2.81 bits per heavy atom. The van der Waals surface area contributed by atoms with E-state index in [0.29, 0.717) is 5.69 Å². The maximum atomic E-state index is 13.1. The number of hydrogen-bond acceptors (Lipinski definition) is 9. The van der Waals surface area contributed by atoms with Crippen LogP contribution in [0.25, 0.3) is 5.76 Å². The molecule has 0 fully saturated rings. The van der Waals surface area contributed by atoms with Crippen molar-refractivity contribution in [2.75, 3.05) is 11.9 Å². The molecule has 2 heterocycles. The number of carbonyl (C=O) groups is 1. The molecule has 0 bridgehead atoms. The highest BCUT2D eigenvalue weighted by Crippen LogP contribution is 2.42. The maximum Gasteiger partial charge on any atom is 0.360 e. The minimum absolute atomic E-state index is 0.0373. The summed E-state index contributed by atoms with van der Waals surface area (Å²) in [7, 11) is 0. The normalized spacial score (nSPS) is 20.9. The van der Waals surface area contributed by atoms with Gasteiger partial charge in [0.15, 0.2) is 16.4 Å². The van der Waals surface area contributed by atoms with Crippen LogP contribution in [0.2, 0.25) is 0 Å². The number of aliphatic imine (C=N–C) groups is 1. The minimum Gasteiger partial charge on any atom is -0.503 e. The number of aliphatic hydroxyl groups is 1. The molecule has 0 spiro atoms. The fourth-order valence-electron chi connectivity index (χ4n) is 2.38. The standard InChI is InChI=1S/C17H17FN4O4S/c1-3-25-16(24)11-8-12(26-22-11)13(23)14-15(19)21-17(2,27-14)20-10-6-4-9(18)5-7-10/h4-8,20,23H,3H2,1-2H3,(H2,19,21). The Morgan fingerprint density at radius 1 is 1.44 bits per heavy atom. The number of nitrogens with zero attached hydrogens (tertiary/aromatic N) is 2. The van der Waals surface area contributed by atoms with Gasteiger partial charge in [0, 0.05) is 11.8 Å². The molecule has 1 aliphatic rings. The van der Waals surface area contributed by atoms with E-state index < -0.39 is 11.0 Å². The number of benzene rings is 1. The van der Waals surface area contributed by atoms with Crippen molar-refractivity contribution in [2.24, 2.45) is 10.7 Å². The number of amidine groups is 1. The van der Waals surface area contributed by atoms with E-state index in [9.17, 15) is 14.3 Å². The van der Waals surface area contributed by atoms with E-state index in [1.165, 1.54) is 18.2 Å². The molecule has 1 unspecified atom stereocenters. The van der Waals surface area contributed by atoms with Gasteiger partial charge in [-0.1, -0.05) is 16.9 Å². The molecule has 0 saturated heterocycles. The molecule has 1 aliphatic heterocycles. The molecule has 3 rings (SSSR count). The summed E-state index contributed by atoms with van der Waals surface area (Å²) in [4.78, 5) is 15.3. The number of rotatable bonds is 5. The van der Waals surface area contributed by atoms with Gasteiger partial charge < -0.3 is 25.4 Å². The first kappa shape index (κ1) is 18.8. The molecule has 1 aromatic heterocycles. The number of nitrogens with one attached hydrogen (secondary N) is 1. The molecule has 4 N–H and O–H groups in total. The van der Waals surface area contributed by atoms with Crippen LogP contribution in [-0.4, -0.2) is 33.7 Å². The fraction of sp³-hybridized carbons (Fsp3) is 0.235. The number of thioether (sulfide) groups is 1. The van der Waals surface area contributed by atoms with Gasteiger partial charge in [-0.05, 0) is 38.1 Å². The molecule has 27 heavy (non-hydrogen) atoms. The third-order valence-corrected chi connectivity index (χ3v) is 4.73. The zero-order chi connectivity index (χ0) is 19.6. The van der Waals surface area contributed by atoms with Crippen molar-refractivity contribution < 1.29 is 23.6 Å². The summed E-state index contributed by atoms with van der Waals surface area (Å²) in [6.07, 6.45) is 0. The van der Waals surface area contributed by atoms with Crippen LogP contribution in [-0.2, 0) is 4.74 Å². The van der Waals surface area contributed by atoms with Crippen LogP contribution in [0.4, 0.5) is 10.1 Å². The van der Waals surface area contributed by atoms with Crippen LogP contribution in [0.5, 0.6) is 0 Å². The Balaban J connectivity index is 1.82. The zero-order valence-corrected chi connectivity index (χ0v) is 15.3. The second-order valence-corrected chi connectivity index (χ2v) is 7.10. The minimum atomic E-state index is -0.921. The van der Waals surface area contributed by atoms with Crippen LogP contribution in [0.1, 0.15) is 30.1 Å². The number of anilines is 1. The Labute approximate surface area is 158 Å². The smallest absolute Gasteiger partial charge is 0.360 e. The lowest BCUT2D eigenvalue weighted by atomic mass is 10.3. The quantitative estimate of drug-likeness (QED) is 0.524. The lowest BCUT2D eigenvalue weighted by Gasteiger charge is -2.22. The predicted molar refractivity (Wildman–Crippen MR) is 99.6 cm³/mol. The van der Waals surface area contributed by atoms with Crippen molar-refractivity contribution in [3.63, 3.8) is 0 Å². The van der Waals surface area contributed by atoms with Crippen molar-refractivity contribution in [1.82, 2.24) is 5.16 Å². The zero-order valence-electron chi connectivity index (χ0n) is 14.5. The van der Waals surface area contributed by atoms with Crippen molar-refractivity contribution in [3.05, 3.63) is 52.5 Å². The summed E-state index contributed by atoms with van der Waals surface area (Å²) in [5.41, 5.74) is 6.51. The summed E-state index contributed by atoms with van der Waals surface area (Å²) < 4.78 is 22.9. The van der Waals surface area contributed by atoms with Crippen LogP contribution in [0.15, 0.2) is 44.8 Å². The number of halogens is 1. The molecule has 8 nitrogen and oxygen atoms in total. The molecule has 1 aromatic carbocycles. The van der Waals surface area contributed by atoms with Crippen LogP contribution < -0.4 is 11.1 Å². The van der Waals surface area contributed by atoms with Crippen molar-refractivity contribution in [3.8, 4) is 0 Å². The van der Waals surface area contributed by atoms with Crippen LogP contribution in [0, 0.1) is 5.82 Å². The Kier molecular flexibility index (Phi) is 5.08. The summed E-state index contributed by atoms with van der Waals surface area (Å²) in [5, 5.41) is 17.2. The van der Waals surface area contributed by atoms with E-state index in [1.807, 2.05) is 0 Å². The van der Waals surface area contributed by atoms with Gasteiger partial charge in [0.25, 0.3) is 0 Å². The molecule has 2 aromatic rings. The second-order valence-electron chi connectivity index (χ2n) is 5.69. The molecule has 1 atom stereocenters. The third-order valence-electron chi connectivity index (χ3n) is 3.53. The highest BCUT2D eigenvalue weighted by molar-refractivity contribution is 8.06. The van der Waals surface area contributed by atoms with E-state index in [4.69, 9.17) is 15.0 Å². The number of hydrogen-bond donors (Lipinski definition) is 3. The van der Waals surface area contributed by atoms with Gasteiger partial charge in [-0.2, -0.15) is 0 Å². The fourth-order valence-corrected chi connectivity index (χ4v) is 3.44. The van der Waals surface area contributed by atoms with Gasteiger partial charge in [0.1, 0.15) is 11.7 Å². The molecule has 0 amide bonds. The first-order chi connectivity index (χ1) is 12.8. The summed E-state index contributed by atoms with van der Waals surface area (Å²) in [6, 6.07) is 7.03. The van der Waals surface area contributed by atoms with Crippen molar-refractivity contribution >= 4 is 35.0 Å². The highest BCUT2D eigenvalue weighted by atomic mass is 32.2. The van der Waals surface area contributed by atoms with E-state index in [-0.39, 0.29) is 40.4 Å². The Bertz CT molecular complexity index is 925.